The lowest BCUT2D eigenvalue weighted by Crippen LogP contribution is -2.27. The van der Waals surface area contributed by atoms with Crippen molar-refractivity contribution in [3.05, 3.63) is 46.6 Å². The van der Waals surface area contributed by atoms with Crippen molar-refractivity contribution in [2.24, 2.45) is 0 Å². The van der Waals surface area contributed by atoms with Crippen LogP contribution >= 0.6 is 11.3 Å². The van der Waals surface area contributed by atoms with E-state index < -0.39 is 0 Å². The minimum Gasteiger partial charge on any atom is -0.346 e. The van der Waals surface area contributed by atoms with Gasteiger partial charge in [0.15, 0.2) is 0 Å². The van der Waals surface area contributed by atoms with Crippen molar-refractivity contribution in [2.75, 3.05) is 11.4 Å². The molecule has 22 heavy (non-hydrogen) atoms. The molecule has 1 aromatic heterocycles. The molecule has 0 unspecified atom stereocenters. The summed E-state index contributed by atoms with van der Waals surface area (Å²) < 4.78 is 0. The summed E-state index contributed by atoms with van der Waals surface area (Å²) in [6, 6.07) is 13.1. The predicted octanol–water partition coefficient (Wildman–Crippen LogP) is 4.12. The summed E-state index contributed by atoms with van der Waals surface area (Å²) in [6.45, 7) is 3.06. The summed E-state index contributed by atoms with van der Waals surface area (Å²) in [5, 5.41) is 11.7. The van der Waals surface area contributed by atoms with E-state index in [2.05, 4.69) is 48.2 Å². The van der Waals surface area contributed by atoms with E-state index in [0.717, 1.165) is 44.3 Å². The van der Waals surface area contributed by atoms with Crippen molar-refractivity contribution in [3.8, 4) is 6.07 Å². The van der Waals surface area contributed by atoms with Gasteiger partial charge in [0.05, 0.1) is 16.8 Å². The molecule has 1 aliphatic rings. The van der Waals surface area contributed by atoms with Gasteiger partial charge in [-0.3, -0.25) is 0 Å². The molecule has 2 heterocycles. The molecule has 4 heteroatoms. The molecule has 1 atom stereocenters. The maximum atomic E-state index is 9.26. The fourth-order valence-corrected chi connectivity index (χ4v) is 4.23. The van der Waals surface area contributed by atoms with E-state index in [-0.39, 0.29) is 6.04 Å². The third-order valence-corrected chi connectivity index (χ3v) is 5.43. The molecule has 0 bridgehead atoms. The van der Waals surface area contributed by atoms with Crippen LogP contribution in [0.2, 0.25) is 0 Å². The molecule has 2 aromatic rings. The number of anilines is 1. The van der Waals surface area contributed by atoms with Crippen LogP contribution in [-0.2, 0) is 12.8 Å². The molecule has 3 rings (SSSR count). The molecule has 3 nitrogen and oxygen atoms in total. The van der Waals surface area contributed by atoms with Gasteiger partial charge in [0.1, 0.15) is 11.0 Å². The second-order valence-electron chi connectivity index (χ2n) is 5.82. The first-order valence-electron chi connectivity index (χ1n) is 7.94. The Hall–Kier alpha value is -1.86. The maximum Gasteiger partial charge on any atom is 0.117 e. The number of nitrogens with zero attached hydrogens (tertiary/aromatic N) is 3. The standard InChI is InChI=1S/C18H21N3S/c1-14-18(21-12-6-10-16(21)13-19)22-17(20-14)11-5-9-15-7-3-2-4-8-15/h2-4,7-8,16H,5-6,9-12H2,1H3/t16-/m0/s1. The van der Waals surface area contributed by atoms with Crippen LogP contribution in [-0.4, -0.2) is 17.6 Å². The number of aryl methyl sites for hydroxylation is 3. The van der Waals surface area contributed by atoms with Gasteiger partial charge < -0.3 is 4.90 Å². The fraction of sp³-hybridized carbons (Fsp3) is 0.444. The molecule has 114 valence electrons. The van der Waals surface area contributed by atoms with Gasteiger partial charge in [-0.05, 0) is 44.6 Å². The third kappa shape index (κ3) is 3.31. The first kappa shape index (κ1) is 15.1. The van der Waals surface area contributed by atoms with Crippen LogP contribution in [0.4, 0.5) is 5.00 Å². The average Bonchev–Trinajstić information content (AvgIpc) is 3.14. The summed E-state index contributed by atoms with van der Waals surface area (Å²) in [6.07, 6.45) is 5.33. The number of nitriles is 1. The highest BCUT2D eigenvalue weighted by Crippen LogP contribution is 2.34. The summed E-state index contributed by atoms with van der Waals surface area (Å²) in [7, 11) is 0. The van der Waals surface area contributed by atoms with Crippen molar-refractivity contribution in [1.82, 2.24) is 4.98 Å². The maximum absolute atomic E-state index is 9.26. The second-order valence-corrected chi connectivity index (χ2v) is 6.88. The van der Waals surface area contributed by atoms with Gasteiger partial charge in [-0.25, -0.2) is 4.98 Å². The van der Waals surface area contributed by atoms with Gasteiger partial charge in [-0.15, -0.1) is 11.3 Å². The van der Waals surface area contributed by atoms with Gasteiger partial charge in [0.2, 0.25) is 0 Å². The summed E-state index contributed by atoms with van der Waals surface area (Å²) in [5.41, 5.74) is 2.47. The zero-order chi connectivity index (χ0) is 15.4. The van der Waals surface area contributed by atoms with Crippen molar-refractivity contribution in [1.29, 1.82) is 5.26 Å². The lowest BCUT2D eigenvalue weighted by molar-refractivity contribution is 0.809. The number of rotatable bonds is 5. The van der Waals surface area contributed by atoms with Crippen molar-refractivity contribution in [2.45, 2.75) is 45.1 Å². The van der Waals surface area contributed by atoms with E-state index in [1.165, 1.54) is 15.6 Å². The quantitative estimate of drug-likeness (QED) is 0.834. The molecule has 0 saturated carbocycles. The molecule has 0 radical (unpaired) electrons. The van der Waals surface area contributed by atoms with Crippen molar-refractivity contribution < 1.29 is 0 Å². The largest absolute Gasteiger partial charge is 0.346 e. The van der Waals surface area contributed by atoms with E-state index in [4.69, 9.17) is 4.98 Å². The fourth-order valence-electron chi connectivity index (χ4n) is 3.05. The van der Waals surface area contributed by atoms with E-state index in [1.807, 2.05) is 0 Å². The molecule has 0 N–H and O–H groups in total. The average molecular weight is 311 g/mol. The van der Waals surface area contributed by atoms with Crippen LogP contribution in [0.3, 0.4) is 0 Å². The summed E-state index contributed by atoms with van der Waals surface area (Å²) >= 11 is 1.77. The molecule has 1 aromatic carbocycles. The van der Waals surface area contributed by atoms with E-state index >= 15 is 0 Å². The molecule has 1 fully saturated rings. The highest BCUT2D eigenvalue weighted by molar-refractivity contribution is 7.15. The Morgan fingerprint density at radius 3 is 2.91 bits per heavy atom. The molecule has 0 amide bonds. The van der Waals surface area contributed by atoms with Gasteiger partial charge in [0, 0.05) is 6.54 Å². The van der Waals surface area contributed by atoms with Crippen LogP contribution < -0.4 is 4.90 Å². The Labute approximate surface area is 136 Å². The number of thiazole rings is 1. The molecule has 1 saturated heterocycles. The molecular weight excluding hydrogens is 290 g/mol. The second kappa shape index (κ2) is 6.93. The van der Waals surface area contributed by atoms with Crippen LogP contribution in [0, 0.1) is 18.3 Å². The van der Waals surface area contributed by atoms with Crippen molar-refractivity contribution in [3.63, 3.8) is 0 Å². The van der Waals surface area contributed by atoms with E-state index in [9.17, 15) is 5.26 Å². The lowest BCUT2D eigenvalue weighted by Gasteiger charge is -2.19. The van der Waals surface area contributed by atoms with Gasteiger partial charge in [-0.2, -0.15) is 5.26 Å². The van der Waals surface area contributed by atoms with E-state index in [1.54, 1.807) is 11.3 Å². The first-order valence-corrected chi connectivity index (χ1v) is 8.76. The highest BCUT2D eigenvalue weighted by atomic mass is 32.1. The number of aromatic nitrogens is 1. The SMILES string of the molecule is Cc1nc(CCCc2ccccc2)sc1N1CCC[C@H]1C#N. The van der Waals surface area contributed by atoms with Crippen LogP contribution in [0.1, 0.15) is 35.5 Å². The van der Waals surface area contributed by atoms with E-state index in [0.29, 0.717) is 0 Å². The Morgan fingerprint density at radius 2 is 2.14 bits per heavy atom. The molecule has 0 aliphatic carbocycles. The normalized spacial score (nSPS) is 17.6. The smallest absolute Gasteiger partial charge is 0.117 e. The molecule has 0 spiro atoms. The topological polar surface area (TPSA) is 39.9 Å². The summed E-state index contributed by atoms with van der Waals surface area (Å²) in [4.78, 5) is 6.97. The van der Waals surface area contributed by atoms with Gasteiger partial charge in [-0.1, -0.05) is 30.3 Å². The zero-order valence-electron chi connectivity index (χ0n) is 13.0. The predicted molar refractivity (Wildman–Crippen MR) is 91.3 cm³/mol. The Morgan fingerprint density at radius 1 is 1.32 bits per heavy atom. The number of hydrogen-bond donors (Lipinski definition) is 0. The highest BCUT2D eigenvalue weighted by Gasteiger charge is 2.27. The third-order valence-electron chi connectivity index (χ3n) is 4.18. The zero-order valence-corrected chi connectivity index (χ0v) is 13.8. The lowest BCUT2D eigenvalue weighted by atomic mass is 10.1. The summed E-state index contributed by atoms with van der Waals surface area (Å²) in [5.74, 6) is 0. The Kier molecular flexibility index (Phi) is 4.74. The molecular formula is C18H21N3S. The minimum absolute atomic E-state index is 0.0383. The van der Waals surface area contributed by atoms with Gasteiger partial charge in [0.25, 0.3) is 0 Å². The van der Waals surface area contributed by atoms with Crippen molar-refractivity contribution >= 4 is 16.3 Å². The number of hydrogen-bond acceptors (Lipinski definition) is 4. The van der Waals surface area contributed by atoms with Crippen LogP contribution in [0.15, 0.2) is 30.3 Å². The van der Waals surface area contributed by atoms with Gasteiger partial charge >= 0.3 is 0 Å². The Balaban J connectivity index is 1.62. The Bertz CT molecular complexity index is 657. The molecule has 1 aliphatic heterocycles. The minimum atomic E-state index is 0.0383. The van der Waals surface area contributed by atoms with Crippen LogP contribution in [0.25, 0.3) is 0 Å². The first-order chi connectivity index (χ1) is 10.8. The number of benzene rings is 1. The van der Waals surface area contributed by atoms with Crippen LogP contribution in [0.5, 0.6) is 0 Å². The monoisotopic (exact) mass is 311 g/mol.